The van der Waals surface area contributed by atoms with Gasteiger partial charge in [-0.15, -0.1) is 0 Å². The van der Waals surface area contributed by atoms with Crippen LogP contribution in [0.25, 0.3) is 11.2 Å². The predicted octanol–water partition coefficient (Wildman–Crippen LogP) is 2.33. The molecule has 2 heterocycles. The van der Waals surface area contributed by atoms with Crippen molar-refractivity contribution in [2.45, 2.75) is 33.2 Å². The van der Waals surface area contributed by atoms with E-state index in [1.807, 2.05) is 6.07 Å². The number of imidazole rings is 1. The van der Waals surface area contributed by atoms with Gasteiger partial charge in [0.1, 0.15) is 5.82 Å². The third kappa shape index (κ3) is 2.07. The van der Waals surface area contributed by atoms with E-state index in [2.05, 4.69) is 41.0 Å². The average Bonchev–Trinajstić information content (AvgIpc) is 2.71. The summed E-state index contributed by atoms with van der Waals surface area (Å²) in [6.07, 6.45) is 2.92. The van der Waals surface area contributed by atoms with Gasteiger partial charge in [-0.25, -0.2) is 9.97 Å². The third-order valence-electron chi connectivity index (χ3n) is 2.73. The lowest BCUT2D eigenvalue weighted by Gasteiger charge is -2.09. The number of aromatic amines is 1. The van der Waals surface area contributed by atoms with Crippen molar-refractivity contribution >= 4 is 11.2 Å². The standard InChI is InChI=1S/C12H18N4/c1-4-6-13-9(3)11-15-10-8(2)5-7-14-12(10)16-11/h5,7,9,13H,4,6H2,1-3H3,(H,14,15,16). The Morgan fingerprint density at radius 1 is 1.50 bits per heavy atom. The van der Waals surface area contributed by atoms with Gasteiger partial charge in [0.25, 0.3) is 0 Å². The van der Waals surface area contributed by atoms with Crippen molar-refractivity contribution in [1.82, 2.24) is 20.3 Å². The Hall–Kier alpha value is -1.42. The lowest BCUT2D eigenvalue weighted by Crippen LogP contribution is -2.20. The summed E-state index contributed by atoms with van der Waals surface area (Å²) in [5, 5.41) is 3.41. The summed E-state index contributed by atoms with van der Waals surface area (Å²) in [4.78, 5) is 12.1. The van der Waals surface area contributed by atoms with Gasteiger partial charge in [-0.2, -0.15) is 0 Å². The average molecular weight is 218 g/mol. The minimum absolute atomic E-state index is 0.244. The largest absolute Gasteiger partial charge is 0.339 e. The molecule has 2 aromatic heterocycles. The predicted molar refractivity (Wildman–Crippen MR) is 65.3 cm³/mol. The monoisotopic (exact) mass is 218 g/mol. The maximum atomic E-state index is 4.50. The summed E-state index contributed by atoms with van der Waals surface area (Å²) in [7, 11) is 0. The van der Waals surface area contributed by atoms with Gasteiger partial charge in [0.05, 0.1) is 11.6 Å². The molecule has 1 unspecified atom stereocenters. The van der Waals surface area contributed by atoms with Gasteiger partial charge in [0.2, 0.25) is 0 Å². The van der Waals surface area contributed by atoms with E-state index in [1.165, 1.54) is 5.56 Å². The van der Waals surface area contributed by atoms with E-state index in [-0.39, 0.29) is 6.04 Å². The molecular formula is C12H18N4. The molecule has 0 amide bonds. The van der Waals surface area contributed by atoms with Crippen LogP contribution in [0, 0.1) is 6.92 Å². The van der Waals surface area contributed by atoms with Crippen LogP contribution in [0.3, 0.4) is 0 Å². The molecule has 0 fully saturated rings. The highest BCUT2D eigenvalue weighted by atomic mass is 15.0. The third-order valence-corrected chi connectivity index (χ3v) is 2.73. The number of hydrogen-bond acceptors (Lipinski definition) is 3. The number of nitrogens with zero attached hydrogens (tertiary/aromatic N) is 2. The molecule has 4 nitrogen and oxygen atoms in total. The van der Waals surface area contributed by atoms with E-state index in [0.29, 0.717) is 0 Å². The normalized spacial score (nSPS) is 13.2. The molecule has 0 bridgehead atoms. The van der Waals surface area contributed by atoms with E-state index < -0.39 is 0 Å². The van der Waals surface area contributed by atoms with Crippen molar-refractivity contribution in [3.8, 4) is 0 Å². The van der Waals surface area contributed by atoms with Crippen LogP contribution in [0.15, 0.2) is 12.3 Å². The van der Waals surface area contributed by atoms with Crippen LogP contribution in [0.2, 0.25) is 0 Å². The lowest BCUT2D eigenvalue weighted by atomic mass is 10.3. The highest BCUT2D eigenvalue weighted by Gasteiger charge is 2.11. The second kappa shape index (κ2) is 4.61. The fourth-order valence-electron chi connectivity index (χ4n) is 1.72. The van der Waals surface area contributed by atoms with E-state index >= 15 is 0 Å². The van der Waals surface area contributed by atoms with Crippen molar-refractivity contribution < 1.29 is 0 Å². The number of hydrogen-bond donors (Lipinski definition) is 2. The van der Waals surface area contributed by atoms with Crippen LogP contribution in [-0.4, -0.2) is 21.5 Å². The highest BCUT2D eigenvalue weighted by molar-refractivity contribution is 5.74. The van der Waals surface area contributed by atoms with Gasteiger partial charge < -0.3 is 10.3 Å². The Kier molecular flexibility index (Phi) is 3.19. The molecule has 0 aliphatic rings. The zero-order valence-corrected chi connectivity index (χ0v) is 10.0. The summed E-state index contributed by atoms with van der Waals surface area (Å²) in [6, 6.07) is 2.24. The topological polar surface area (TPSA) is 53.6 Å². The molecule has 1 atom stereocenters. The maximum absolute atomic E-state index is 4.50. The van der Waals surface area contributed by atoms with Crippen LogP contribution in [0.1, 0.15) is 37.7 Å². The van der Waals surface area contributed by atoms with Crippen LogP contribution in [0.4, 0.5) is 0 Å². The van der Waals surface area contributed by atoms with E-state index in [9.17, 15) is 0 Å². The fraction of sp³-hybridized carbons (Fsp3) is 0.500. The summed E-state index contributed by atoms with van der Waals surface area (Å²) in [5.74, 6) is 0.963. The zero-order chi connectivity index (χ0) is 11.5. The molecule has 0 spiro atoms. The van der Waals surface area contributed by atoms with Gasteiger partial charge in [-0.05, 0) is 38.4 Å². The first-order chi connectivity index (χ1) is 7.72. The van der Waals surface area contributed by atoms with Crippen LogP contribution in [-0.2, 0) is 0 Å². The number of fused-ring (bicyclic) bond motifs is 1. The first-order valence-electron chi connectivity index (χ1n) is 5.77. The number of nitrogens with one attached hydrogen (secondary N) is 2. The Morgan fingerprint density at radius 3 is 3.00 bits per heavy atom. The van der Waals surface area contributed by atoms with Crippen molar-refractivity contribution in [3.05, 3.63) is 23.7 Å². The summed E-state index contributed by atoms with van der Waals surface area (Å²) in [6.45, 7) is 7.34. The SMILES string of the molecule is CCCNC(C)c1nc2nccc(C)c2[nH]1. The number of rotatable bonds is 4. The van der Waals surface area contributed by atoms with Crippen molar-refractivity contribution in [1.29, 1.82) is 0 Å². The highest BCUT2D eigenvalue weighted by Crippen LogP contribution is 2.16. The second-order valence-electron chi connectivity index (χ2n) is 4.12. The molecule has 16 heavy (non-hydrogen) atoms. The number of H-pyrrole nitrogens is 1. The van der Waals surface area contributed by atoms with E-state index in [1.54, 1.807) is 6.20 Å². The first-order valence-corrected chi connectivity index (χ1v) is 5.77. The molecule has 2 rings (SSSR count). The van der Waals surface area contributed by atoms with Gasteiger partial charge in [-0.3, -0.25) is 0 Å². The summed E-state index contributed by atoms with van der Waals surface area (Å²) >= 11 is 0. The molecular weight excluding hydrogens is 200 g/mol. The molecule has 0 aromatic carbocycles. The molecule has 0 radical (unpaired) electrons. The van der Waals surface area contributed by atoms with Gasteiger partial charge in [0, 0.05) is 6.20 Å². The second-order valence-corrected chi connectivity index (χ2v) is 4.12. The van der Waals surface area contributed by atoms with Crippen LogP contribution in [0.5, 0.6) is 0 Å². The van der Waals surface area contributed by atoms with Crippen molar-refractivity contribution in [2.24, 2.45) is 0 Å². The Morgan fingerprint density at radius 2 is 2.31 bits per heavy atom. The van der Waals surface area contributed by atoms with Crippen LogP contribution < -0.4 is 5.32 Å². The quantitative estimate of drug-likeness (QED) is 0.828. The molecule has 0 saturated carbocycles. The van der Waals surface area contributed by atoms with Crippen molar-refractivity contribution in [3.63, 3.8) is 0 Å². The van der Waals surface area contributed by atoms with Gasteiger partial charge in [0.15, 0.2) is 5.65 Å². The Bertz CT molecular complexity index is 475. The molecule has 4 heteroatoms. The zero-order valence-electron chi connectivity index (χ0n) is 10.0. The van der Waals surface area contributed by atoms with Crippen molar-refractivity contribution in [2.75, 3.05) is 6.54 Å². The molecule has 2 aromatic rings. The first kappa shape index (κ1) is 11.1. The number of aromatic nitrogens is 3. The summed E-state index contributed by atoms with van der Waals surface area (Å²) < 4.78 is 0. The lowest BCUT2D eigenvalue weighted by molar-refractivity contribution is 0.550. The number of aryl methyl sites for hydroxylation is 1. The Balaban J connectivity index is 2.29. The Labute approximate surface area is 95.5 Å². The van der Waals surface area contributed by atoms with Gasteiger partial charge >= 0.3 is 0 Å². The number of pyridine rings is 1. The minimum Gasteiger partial charge on any atom is -0.339 e. The maximum Gasteiger partial charge on any atom is 0.178 e. The van der Waals surface area contributed by atoms with Crippen LogP contribution >= 0.6 is 0 Å². The molecule has 0 aliphatic carbocycles. The molecule has 86 valence electrons. The molecule has 0 saturated heterocycles. The van der Waals surface area contributed by atoms with E-state index in [0.717, 1.165) is 30.0 Å². The molecule has 0 aliphatic heterocycles. The fourth-order valence-corrected chi connectivity index (χ4v) is 1.72. The molecule has 2 N–H and O–H groups in total. The smallest absolute Gasteiger partial charge is 0.178 e. The summed E-state index contributed by atoms with van der Waals surface area (Å²) in [5.41, 5.74) is 3.04. The minimum atomic E-state index is 0.244. The van der Waals surface area contributed by atoms with E-state index in [4.69, 9.17) is 0 Å². The van der Waals surface area contributed by atoms with Gasteiger partial charge in [-0.1, -0.05) is 6.92 Å².